The normalized spacial score (nSPS) is 13.6. The van der Waals surface area contributed by atoms with Gasteiger partial charge in [-0.2, -0.15) is 22.0 Å². The van der Waals surface area contributed by atoms with Gasteiger partial charge in [-0.3, -0.25) is 0 Å². The van der Waals surface area contributed by atoms with Gasteiger partial charge >= 0.3 is 12.3 Å². The van der Waals surface area contributed by atoms with Crippen LogP contribution in [0.1, 0.15) is 0 Å². The van der Waals surface area contributed by atoms with Gasteiger partial charge in [0.05, 0.1) is 0 Å². The Labute approximate surface area is 159 Å². The molecule has 25 heavy (non-hydrogen) atoms. The summed E-state index contributed by atoms with van der Waals surface area (Å²) in [6, 6.07) is 5.12. The van der Waals surface area contributed by atoms with Gasteiger partial charge in [0.1, 0.15) is 10.9 Å². The number of ether oxygens (including phenoxy) is 1. The van der Waals surface area contributed by atoms with Gasteiger partial charge in [0.15, 0.2) is 0 Å². The molecular formula is C14H6Br2ClF6NO. The van der Waals surface area contributed by atoms with Gasteiger partial charge < -0.3 is 4.74 Å². The Kier molecular flexibility index (Phi) is 5.95. The van der Waals surface area contributed by atoms with Crippen molar-refractivity contribution in [2.75, 3.05) is 0 Å². The van der Waals surface area contributed by atoms with E-state index in [0.717, 1.165) is 12.1 Å². The van der Waals surface area contributed by atoms with E-state index in [2.05, 4.69) is 41.6 Å². The molecule has 0 fully saturated rings. The first-order chi connectivity index (χ1) is 11.4. The lowest BCUT2D eigenvalue weighted by Gasteiger charge is -2.23. The second-order valence-corrected chi connectivity index (χ2v) is 6.74. The van der Waals surface area contributed by atoms with E-state index in [1.807, 2.05) is 0 Å². The lowest BCUT2D eigenvalue weighted by atomic mass is 10.1. The predicted molar refractivity (Wildman–Crippen MR) is 86.6 cm³/mol. The Balaban J connectivity index is 2.39. The summed E-state index contributed by atoms with van der Waals surface area (Å²) in [6.45, 7) is 0. The zero-order valence-electron chi connectivity index (χ0n) is 11.7. The van der Waals surface area contributed by atoms with Crippen LogP contribution in [0, 0.1) is 0 Å². The molecule has 0 aliphatic heterocycles. The summed E-state index contributed by atoms with van der Waals surface area (Å²) in [7, 11) is 0. The van der Waals surface area contributed by atoms with Crippen molar-refractivity contribution in [2.45, 2.75) is 18.5 Å². The van der Waals surface area contributed by atoms with Crippen molar-refractivity contribution in [3.63, 3.8) is 0 Å². The van der Waals surface area contributed by atoms with Crippen LogP contribution in [0.3, 0.4) is 0 Å². The van der Waals surface area contributed by atoms with Crippen LogP contribution in [0.15, 0.2) is 39.4 Å². The smallest absolute Gasteiger partial charge is 0.430 e. The molecule has 1 atom stereocenters. The lowest BCUT2D eigenvalue weighted by molar-refractivity contribution is -0.305. The van der Waals surface area contributed by atoms with Crippen LogP contribution in [0.2, 0.25) is 5.15 Å². The Bertz CT molecular complexity index is 763. The van der Waals surface area contributed by atoms with Crippen molar-refractivity contribution in [1.29, 1.82) is 0 Å². The number of rotatable bonds is 4. The number of pyridine rings is 1. The van der Waals surface area contributed by atoms with Crippen molar-refractivity contribution in [1.82, 2.24) is 4.98 Å². The minimum atomic E-state index is -5.76. The maximum Gasteiger partial charge on any atom is 0.439 e. The third-order valence-corrected chi connectivity index (χ3v) is 4.43. The molecule has 11 heteroatoms. The molecule has 0 amide bonds. The molecule has 2 aromatic rings. The number of benzene rings is 1. The maximum atomic E-state index is 13.4. The van der Waals surface area contributed by atoms with Gasteiger partial charge in [0, 0.05) is 26.3 Å². The van der Waals surface area contributed by atoms with Crippen LogP contribution in [-0.2, 0) is 0 Å². The Morgan fingerprint density at radius 1 is 1.08 bits per heavy atom. The highest BCUT2D eigenvalue weighted by molar-refractivity contribution is 9.11. The highest BCUT2D eigenvalue weighted by Gasteiger charge is 2.59. The van der Waals surface area contributed by atoms with Crippen LogP contribution in [0.25, 0.3) is 11.1 Å². The Morgan fingerprint density at radius 2 is 1.64 bits per heavy atom. The molecule has 0 spiro atoms. The first kappa shape index (κ1) is 20.3. The van der Waals surface area contributed by atoms with E-state index in [1.54, 1.807) is 12.1 Å². The molecule has 0 N–H and O–H groups in total. The van der Waals surface area contributed by atoms with Crippen molar-refractivity contribution in [2.24, 2.45) is 0 Å². The Hall–Kier alpha value is -1.00. The summed E-state index contributed by atoms with van der Waals surface area (Å²) >= 11 is 12.2. The fraction of sp³-hybridized carbons (Fsp3) is 0.214. The largest absolute Gasteiger partial charge is 0.439 e. The second kappa shape index (κ2) is 7.32. The molecule has 0 radical (unpaired) electrons. The van der Waals surface area contributed by atoms with Gasteiger partial charge in [-0.1, -0.05) is 11.6 Å². The van der Waals surface area contributed by atoms with Gasteiger partial charge in [0.2, 0.25) is 0 Å². The van der Waals surface area contributed by atoms with Crippen LogP contribution in [0.4, 0.5) is 26.3 Å². The van der Waals surface area contributed by atoms with E-state index in [4.69, 9.17) is 11.6 Å². The van der Waals surface area contributed by atoms with Crippen molar-refractivity contribution < 1.29 is 31.1 Å². The van der Waals surface area contributed by atoms with Gasteiger partial charge in [-0.25, -0.2) is 9.37 Å². The van der Waals surface area contributed by atoms with Crippen molar-refractivity contribution in [3.8, 4) is 16.9 Å². The van der Waals surface area contributed by atoms with Gasteiger partial charge in [0.25, 0.3) is 6.17 Å². The van der Waals surface area contributed by atoms with E-state index in [-0.39, 0.29) is 14.1 Å². The fourth-order valence-corrected chi connectivity index (χ4v) is 3.62. The standard InChI is InChI=1S/C14H6Br2ClF6NO/c15-8-4-6(25-14(22,23)12(18)13(19,20)21)5-9(16)10(8)7-2-1-3-24-11(7)17/h1-5,12H. The monoisotopic (exact) mass is 511 g/mol. The Morgan fingerprint density at radius 3 is 2.12 bits per heavy atom. The average molecular weight is 513 g/mol. The lowest BCUT2D eigenvalue weighted by Crippen LogP contribution is -2.45. The quantitative estimate of drug-likeness (QED) is 0.332. The van der Waals surface area contributed by atoms with Crippen molar-refractivity contribution >= 4 is 43.5 Å². The summed E-state index contributed by atoms with van der Waals surface area (Å²) < 4.78 is 80.4. The van der Waals surface area contributed by atoms with Crippen LogP contribution in [-0.4, -0.2) is 23.4 Å². The number of nitrogens with zero attached hydrogens (tertiary/aromatic N) is 1. The molecule has 1 aromatic heterocycles. The van der Waals surface area contributed by atoms with Crippen LogP contribution >= 0.6 is 43.5 Å². The third kappa shape index (κ3) is 4.59. The number of aromatic nitrogens is 1. The van der Waals surface area contributed by atoms with E-state index >= 15 is 0 Å². The van der Waals surface area contributed by atoms with Crippen molar-refractivity contribution in [3.05, 3.63) is 44.6 Å². The molecule has 0 saturated heterocycles. The van der Waals surface area contributed by atoms with E-state index in [9.17, 15) is 26.3 Å². The number of halogens is 9. The SMILES string of the molecule is FC(C(F)(F)F)C(F)(F)Oc1cc(Br)c(-c2cccnc2Cl)c(Br)c1. The topological polar surface area (TPSA) is 22.1 Å². The summed E-state index contributed by atoms with van der Waals surface area (Å²) in [4.78, 5) is 3.87. The molecule has 2 rings (SSSR count). The zero-order valence-corrected chi connectivity index (χ0v) is 15.6. The molecule has 0 bridgehead atoms. The molecule has 1 heterocycles. The minimum absolute atomic E-state index is 0.115. The number of hydrogen-bond acceptors (Lipinski definition) is 2. The second-order valence-electron chi connectivity index (χ2n) is 4.67. The van der Waals surface area contributed by atoms with E-state index in [0.29, 0.717) is 11.1 Å². The van der Waals surface area contributed by atoms with E-state index < -0.39 is 24.2 Å². The molecule has 2 nitrogen and oxygen atoms in total. The predicted octanol–water partition coefficient (Wildman–Crippen LogP) is 6.80. The molecular weight excluding hydrogens is 507 g/mol. The highest BCUT2D eigenvalue weighted by atomic mass is 79.9. The highest BCUT2D eigenvalue weighted by Crippen LogP contribution is 2.43. The molecule has 0 saturated carbocycles. The van der Waals surface area contributed by atoms with E-state index in [1.165, 1.54) is 6.20 Å². The molecule has 1 aromatic carbocycles. The van der Waals surface area contributed by atoms with Crippen LogP contribution < -0.4 is 4.74 Å². The first-order valence-electron chi connectivity index (χ1n) is 6.31. The number of hydrogen-bond donors (Lipinski definition) is 0. The molecule has 0 aliphatic carbocycles. The summed E-state index contributed by atoms with van der Waals surface area (Å²) in [5.74, 6) is -0.681. The van der Waals surface area contributed by atoms with Crippen LogP contribution in [0.5, 0.6) is 5.75 Å². The molecule has 0 aliphatic rings. The zero-order chi connectivity index (χ0) is 19.0. The summed E-state index contributed by atoms with van der Waals surface area (Å²) in [5, 5.41) is 0.115. The molecule has 1 unspecified atom stereocenters. The maximum absolute atomic E-state index is 13.4. The first-order valence-corrected chi connectivity index (χ1v) is 8.27. The third-order valence-electron chi connectivity index (χ3n) is 2.88. The molecule has 136 valence electrons. The van der Waals surface area contributed by atoms with Gasteiger partial charge in [-0.15, -0.1) is 0 Å². The number of alkyl halides is 6. The summed E-state index contributed by atoms with van der Waals surface area (Å²) in [6.07, 6.45) is -13.9. The van der Waals surface area contributed by atoms with Gasteiger partial charge in [-0.05, 0) is 56.1 Å². The minimum Gasteiger partial charge on any atom is -0.430 e. The summed E-state index contributed by atoms with van der Waals surface area (Å²) in [5.41, 5.74) is 0.835. The fourth-order valence-electron chi connectivity index (χ4n) is 1.84. The average Bonchev–Trinajstić information content (AvgIpc) is 2.46.